The van der Waals surface area contributed by atoms with Gasteiger partial charge in [0.2, 0.25) is 5.91 Å². The minimum absolute atomic E-state index is 0.127. The molecule has 3 aromatic rings. The summed E-state index contributed by atoms with van der Waals surface area (Å²) in [6.45, 7) is 0. The van der Waals surface area contributed by atoms with Crippen LogP contribution in [0.2, 0.25) is 0 Å². The van der Waals surface area contributed by atoms with E-state index in [-0.39, 0.29) is 12.3 Å². The number of nitrogens with zero attached hydrogens (tertiary/aromatic N) is 3. The number of aromatic nitrogens is 3. The lowest BCUT2D eigenvalue weighted by molar-refractivity contribution is -0.115. The van der Waals surface area contributed by atoms with Gasteiger partial charge in [-0.1, -0.05) is 12.1 Å². The average Bonchev–Trinajstić information content (AvgIpc) is 2.64. The number of methoxy groups -OCH3 is 1. The Bertz CT molecular complexity index is 803. The van der Waals surface area contributed by atoms with Crippen molar-refractivity contribution < 1.29 is 9.53 Å². The van der Waals surface area contributed by atoms with Gasteiger partial charge in [0.1, 0.15) is 5.75 Å². The molecule has 6 heteroatoms. The van der Waals surface area contributed by atoms with Crippen LogP contribution in [-0.2, 0) is 11.2 Å². The topological polar surface area (TPSA) is 77.0 Å². The molecule has 0 aliphatic carbocycles. The molecule has 0 bridgehead atoms. The van der Waals surface area contributed by atoms with Crippen LogP contribution in [0.5, 0.6) is 5.75 Å². The molecule has 2 heterocycles. The summed E-state index contributed by atoms with van der Waals surface area (Å²) in [5.41, 5.74) is 2.29. The number of hydrogen-bond donors (Lipinski definition) is 1. The Hall–Kier alpha value is -3.28. The highest BCUT2D eigenvalue weighted by Crippen LogP contribution is 2.15. The first kappa shape index (κ1) is 15.6. The molecule has 0 fully saturated rings. The van der Waals surface area contributed by atoms with Crippen LogP contribution in [-0.4, -0.2) is 28.0 Å². The predicted octanol–water partition coefficient (Wildman–Crippen LogP) is 2.73. The van der Waals surface area contributed by atoms with Crippen molar-refractivity contribution in [3.63, 3.8) is 0 Å². The summed E-state index contributed by atoms with van der Waals surface area (Å²) in [4.78, 5) is 24.6. The predicted molar refractivity (Wildman–Crippen MR) is 90.6 cm³/mol. The van der Waals surface area contributed by atoms with Gasteiger partial charge in [-0.05, 0) is 29.8 Å². The molecule has 0 saturated heterocycles. The fourth-order valence-corrected chi connectivity index (χ4v) is 2.17. The molecule has 0 radical (unpaired) electrons. The SMILES string of the molecule is COc1ccc(CC(=O)Nc2cnc(-c3cccnc3)nc2)cc1. The fraction of sp³-hybridized carbons (Fsp3) is 0.111. The zero-order valence-electron chi connectivity index (χ0n) is 13.1. The van der Waals surface area contributed by atoms with Crippen molar-refractivity contribution in [3.05, 3.63) is 66.7 Å². The first-order valence-electron chi connectivity index (χ1n) is 7.40. The highest BCUT2D eigenvalue weighted by Gasteiger charge is 2.06. The van der Waals surface area contributed by atoms with E-state index in [9.17, 15) is 4.79 Å². The molecule has 0 saturated carbocycles. The Balaban J connectivity index is 1.62. The molecular weight excluding hydrogens is 304 g/mol. The van der Waals surface area contributed by atoms with Gasteiger partial charge in [-0.3, -0.25) is 9.78 Å². The van der Waals surface area contributed by atoms with Crippen LogP contribution in [0, 0.1) is 0 Å². The van der Waals surface area contributed by atoms with Crippen LogP contribution in [0.25, 0.3) is 11.4 Å². The lowest BCUT2D eigenvalue weighted by Gasteiger charge is -2.06. The highest BCUT2D eigenvalue weighted by molar-refractivity contribution is 5.92. The maximum atomic E-state index is 12.1. The first-order valence-corrected chi connectivity index (χ1v) is 7.40. The summed E-state index contributed by atoms with van der Waals surface area (Å²) in [6, 6.07) is 11.1. The van der Waals surface area contributed by atoms with Crippen molar-refractivity contribution in [3.8, 4) is 17.1 Å². The third-order valence-corrected chi connectivity index (χ3v) is 3.38. The summed E-state index contributed by atoms with van der Waals surface area (Å²) in [7, 11) is 1.61. The van der Waals surface area contributed by atoms with Gasteiger partial charge >= 0.3 is 0 Å². The zero-order chi connectivity index (χ0) is 16.8. The average molecular weight is 320 g/mol. The van der Waals surface area contributed by atoms with Gasteiger partial charge in [0.25, 0.3) is 0 Å². The lowest BCUT2D eigenvalue weighted by Crippen LogP contribution is -2.14. The van der Waals surface area contributed by atoms with E-state index < -0.39 is 0 Å². The third-order valence-electron chi connectivity index (χ3n) is 3.38. The van der Waals surface area contributed by atoms with Crippen LogP contribution < -0.4 is 10.1 Å². The number of amides is 1. The van der Waals surface area contributed by atoms with Crippen molar-refractivity contribution in [2.45, 2.75) is 6.42 Å². The summed E-state index contributed by atoms with van der Waals surface area (Å²) in [5, 5.41) is 2.79. The molecule has 1 N–H and O–H groups in total. The van der Waals surface area contributed by atoms with Crippen LogP contribution in [0.1, 0.15) is 5.56 Å². The Labute approximate surface area is 139 Å². The van der Waals surface area contributed by atoms with E-state index in [1.165, 1.54) is 0 Å². The van der Waals surface area contributed by atoms with Crippen LogP contribution >= 0.6 is 0 Å². The molecule has 24 heavy (non-hydrogen) atoms. The van der Waals surface area contributed by atoms with Crippen molar-refractivity contribution in [2.24, 2.45) is 0 Å². The fourth-order valence-electron chi connectivity index (χ4n) is 2.17. The number of pyridine rings is 1. The molecular formula is C18H16N4O2. The Morgan fingerprint density at radius 3 is 2.46 bits per heavy atom. The first-order chi connectivity index (χ1) is 11.7. The second-order valence-corrected chi connectivity index (χ2v) is 5.11. The molecule has 3 rings (SSSR count). The van der Waals surface area contributed by atoms with E-state index in [0.29, 0.717) is 11.5 Å². The van der Waals surface area contributed by atoms with Gasteiger partial charge in [0.15, 0.2) is 5.82 Å². The Kier molecular flexibility index (Phi) is 4.76. The molecule has 1 aromatic carbocycles. The number of rotatable bonds is 5. The van der Waals surface area contributed by atoms with Gasteiger partial charge in [-0.2, -0.15) is 0 Å². The van der Waals surface area contributed by atoms with E-state index >= 15 is 0 Å². The molecule has 1 amide bonds. The van der Waals surface area contributed by atoms with E-state index in [1.807, 2.05) is 36.4 Å². The van der Waals surface area contributed by atoms with Gasteiger partial charge in [0.05, 0.1) is 31.6 Å². The highest BCUT2D eigenvalue weighted by atomic mass is 16.5. The molecule has 0 aliphatic heterocycles. The zero-order valence-corrected chi connectivity index (χ0v) is 13.1. The molecule has 0 unspecified atom stereocenters. The largest absolute Gasteiger partial charge is 0.497 e. The number of hydrogen-bond acceptors (Lipinski definition) is 5. The quantitative estimate of drug-likeness (QED) is 0.782. The van der Waals surface area contributed by atoms with Crippen molar-refractivity contribution >= 4 is 11.6 Å². The summed E-state index contributed by atoms with van der Waals surface area (Å²) in [5.74, 6) is 1.20. The van der Waals surface area contributed by atoms with E-state index in [0.717, 1.165) is 16.9 Å². The van der Waals surface area contributed by atoms with E-state index in [2.05, 4.69) is 20.3 Å². The van der Waals surface area contributed by atoms with Gasteiger partial charge < -0.3 is 10.1 Å². The summed E-state index contributed by atoms with van der Waals surface area (Å²) < 4.78 is 5.10. The third kappa shape index (κ3) is 3.92. The molecule has 120 valence electrons. The minimum atomic E-state index is -0.127. The number of carbonyl (C=O) groups excluding carboxylic acids is 1. The van der Waals surface area contributed by atoms with Crippen LogP contribution in [0.15, 0.2) is 61.2 Å². The van der Waals surface area contributed by atoms with Crippen molar-refractivity contribution in [2.75, 3.05) is 12.4 Å². The monoisotopic (exact) mass is 320 g/mol. The Morgan fingerprint density at radius 1 is 1.08 bits per heavy atom. The van der Waals surface area contributed by atoms with Crippen LogP contribution in [0.3, 0.4) is 0 Å². The lowest BCUT2D eigenvalue weighted by atomic mass is 10.1. The van der Waals surface area contributed by atoms with E-state index in [1.54, 1.807) is 31.9 Å². The van der Waals surface area contributed by atoms with Gasteiger partial charge in [-0.25, -0.2) is 9.97 Å². The maximum absolute atomic E-state index is 12.1. The molecule has 0 aliphatic rings. The van der Waals surface area contributed by atoms with Crippen molar-refractivity contribution in [1.82, 2.24) is 15.0 Å². The molecule has 6 nitrogen and oxygen atoms in total. The number of anilines is 1. The van der Waals surface area contributed by atoms with Crippen LogP contribution in [0.4, 0.5) is 5.69 Å². The van der Waals surface area contributed by atoms with E-state index in [4.69, 9.17) is 4.74 Å². The minimum Gasteiger partial charge on any atom is -0.497 e. The standard InChI is InChI=1S/C18H16N4O2/c1-24-16-6-4-13(5-7-16)9-17(23)22-15-11-20-18(21-12-15)14-3-2-8-19-10-14/h2-8,10-12H,9H2,1H3,(H,22,23). The summed E-state index contributed by atoms with van der Waals surface area (Å²) >= 11 is 0. The van der Waals surface area contributed by atoms with Gasteiger partial charge in [-0.15, -0.1) is 0 Å². The van der Waals surface area contributed by atoms with Gasteiger partial charge in [0, 0.05) is 18.0 Å². The second-order valence-electron chi connectivity index (χ2n) is 5.11. The number of benzene rings is 1. The molecule has 0 spiro atoms. The smallest absolute Gasteiger partial charge is 0.228 e. The molecule has 2 aromatic heterocycles. The normalized spacial score (nSPS) is 10.2. The second kappa shape index (κ2) is 7.32. The summed E-state index contributed by atoms with van der Waals surface area (Å²) in [6.07, 6.45) is 6.82. The molecule has 0 atom stereocenters. The number of carbonyl (C=O) groups is 1. The Morgan fingerprint density at radius 2 is 1.83 bits per heavy atom. The number of ether oxygens (including phenoxy) is 1. The maximum Gasteiger partial charge on any atom is 0.228 e. The number of nitrogens with one attached hydrogen (secondary N) is 1. The van der Waals surface area contributed by atoms with Crippen molar-refractivity contribution in [1.29, 1.82) is 0 Å².